The zero-order valence-corrected chi connectivity index (χ0v) is 19.0. The first-order valence-electron chi connectivity index (χ1n) is 10.4. The lowest BCUT2D eigenvalue weighted by molar-refractivity contribution is -0.132. The maximum Gasteiger partial charge on any atom is 0.354 e. The molecule has 0 saturated carbocycles. The largest absolute Gasteiger partial charge is 0.497 e. The van der Waals surface area contributed by atoms with Crippen molar-refractivity contribution < 1.29 is 42.0 Å². The van der Waals surface area contributed by atoms with Crippen LogP contribution in [0.25, 0.3) is 5.57 Å². The van der Waals surface area contributed by atoms with Gasteiger partial charge in [-0.15, -0.1) is 0 Å². The Labute approximate surface area is 199 Å². The fraction of sp³-hybridized carbons (Fsp3) is 0.125. The van der Waals surface area contributed by atoms with E-state index >= 15 is 0 Å². The van der Waals surface area contributed by atoms with E-state index in [1.54, 1.807) is 24.3 Å². The molecule has 10 nitrogen and oxygen atoms in total. The van der Waals surface area contributed by atoms with Gasteiger partial charge in [0.25, 0.3) is 10.0 Å². The Morgan fingerprint density at radius 1 is 0.886 bits per heavy atom. The molecule has 3 aliphatic rings. The summed E-state index contributed by atoms with van der Waals surface area (Å²) in [6.45, 7) is 0.0186. The van der Waals surface area contributed by atoms with Crippen LogP contribution in [0.3, 0.4) is 0 Å². The molecule has 6 rings (SSSR count). The molecule has 0 amide bonds. The molecule has 0 spiro atoms. The molecule has 11 heteroatoms. The van der Waals surface area contributed by atoms with Gasteiger partial charge in [0.05, 0.1) is 17.7 Å². The van der Waals surface area contributed by atoms with Crippen molar-refractivity contribution in [2.45, 2.75) is 4.90 Å². The molecule has 3 aliphatic heterocycles. The van der Waals surface area contributed by atoms with Gasteiger partial charge in [-0.25, -0.2) is 17.5 Å². The van der Waals surface area contributed by atoms with Gasteiger partial charge in [0.1, 0.15) is 5.75 Å². The van der Waals surface area contributed by atoms with Crippen LogP contribution in [0.1, 0.15) is 11.1 Å². The number of nitrogens with zero attached hydrogens (tertiary/aromatic N) is 1. The van der Waals surface area contributed by atoms with E-state index in [2.05, 4.69) is 0 Å². The standard InChI is InChI=1S/C24H17NO9S/c1-30-15-4-5-16-21(10-15)35(28,29)25(14-3-7-18-20(9-14)34-12-32-18)23(24(26)27)22(16)13-2-6-17-19(8-13)33-11-31-17/h2-10H,11-12H2,1H3,(H,26,27). The summed E-state index contributed by atoms with van der Waals surface area (Å²) < 4.78 is 55.5. The number of benzene rings is 3. The van der Waals surface area contributed by atoms with Crippen LogP contribution in [0.5, 0.6) is 28.7 Å². The highest BCUT2D eigenvalue weighted by Crippen LogP contribution is 2.47. The minimum Gasteiger partial charge on any atom is -0.497 e. The molecule has 0 aliphatic carbocycles. The van der Waals surface area contributed by atoms with Crippen molar-refractivity contribution in [1.82, 2.24) is 0 Å². The number of sulfonamides is 1. The number of aliphatic carboxylic acids is 1. The minimum absolute atomic E-state index is 0.0182. The quantitative estimate of drug-likeness (QED) is 0.582. The van der Waals surface area contributed by atoms with E-state index in [-0.39, 0.29) is 35.3 Å². The Kier molecular flexibility index (Phi) is 4.58. The molecule has 178 valence electrons. The molecule has 0 unspecified atom stereocenters. The summed E-state index contributed by atoms with van der Waals surface area (Å²) in [4.78, 5) is 12.6. The van der Waals surface area contributed by atoms with Crippen LogP contribution in [-0.2, 0) is 14.8 Å². The summed E-state index contributed by atoms with van der Waals surface area (Å²) in [6.07, 6.45) is 0. The third-order valence-electron chi connectivity index (χ3n) is 5.87. The van der Waals surface area contributed by atoms with Crippen LogP contribution in [-0.4, -0.2) is 40.2 Å². The average molecular weight is 495 g/mol. The van der Waals surface area contributed by atoms with Crippen molar-refractivity contribution >= 4 is 27.3 Å². The first-order chi connectivity index (χ1) is 16.9. The van der Waals surface area contributed by atoms with E-state index in [9.17, 15) is 18.3 Å². The second-order valence-corrected chi connectivity index (χ2v) is 9.52. The maximum atomic E-state index is 13.9. The lowest BCUT2D eigenvalue weighted by Gasteiger charge is -2.33. The Morgan fingerprint density at radius 3 is 2.23 bits per heavy atom. The van der Waals surface area contributed by atoms with Crippen LogP contribution in [0.4, 0.5) is 5.69 Å². The summed E-state index contributed by atoms with van der Waals surface area (Å²) in [5.41, 5.74) is 0.498. The van der Waals surface area contributed by atoms with E-state index in [1.165, 1.54) is 37.4 Å². The summed E-state index contributed by atoms with van der Waals surface area (Å²) in [5.74, 6) is 0.558. The summed E-state index contributed by atoms with van der Waals surface area (Å²) >= 11 is 0. The van der Waals surface area contributed by atoms with Gasteiger partial charge in [-0.3, -0.25) is 0 Å². The van der Waals surface area contributed by atoms with Crippen LogP contribution in [0, 0.1) is 0 Å². The summed E-state index contributed by atoms with van der Waals surface area (Å²) in [5, 5.41) is 10.3. The van der Waals surface area contributed by atoms with Crippen molar-refractivity contribution in [3.8, 4) is 28.7 Å². The van der Waals surface area contributed by atoms with Gasteiger partial charge < -0.3 is 28.8 Å². The monoisotopic (exact) mass is 495 g/mol. The molecule has 1 N–H and O–H groups in total. The SMILES string of the molecule is COc1ccc2c(c1)S(=O)(=O)N(c1ccc3c(c1)OCO3)C(C(=O)O)=C2c1ccc2c(c1)OCO2. The molecule has 3 heterocycles. The van der Waals surface area contributed by atoms with Gasteiger partial charge in [0, 0.05) is 23.3 Å². The number of methoxy groups -OCH3 is 1. The molecule has 0 fully saturated rings. The molecule has 35 heavy (non-hydrogen) atoms. The lowest BCUT2D eigenvalue weighted by Crippen LogP contribution is -2.38. The van der Waals surface area contributed by atoms with Crippen LogP contribution >= 0.6 is 0 Å². The van der Waals surface area contributed by atoms with Crippen LogP contribution < -0.4 is 28.0 Å². The second kappa shape index (κ2) is 7.57. The van der Waals surface area contributed by atoms with Crippen LogP contribution in [0.2, 0.25) is 0 Å². The van der Waals surface area contributed by atoms with Gasteiger partial charge in [0.2, 0.25) is 13.6 Å². The Bertz CT molecular complexity index is 1540. The fourth-order valence-corrected chi connectivity index (χ4v) is 6.03. The van der Waals surface area contributed by atoms with E-state index in [1.807, 2.05) is 0 Å². The average Bonchev–Trinajstić information content (AvgIpc) is 3.51. The fourth-order valence-electron chi connectivity index (χ4n) is 4.31. The molecule has 0 aromatic heterocycles. The predicted molar refractivity (Wildman–Crippen MR) is 121 cm³/mol. The first kappa shape index (κ1) is 21.2. The summed E-state index contributed by atoms with van der Waals surface area (Å²) in [7, 11) is -2.95. The number of ether oxygens (including phenoxy) is 5. The number of carboxylic acid groups (broad SMARTS) is 1. The topological polar surface area (TPSA) is 121 Å². The maximum absolute atomic E-state index is 13.9. The van der Waals surface area contributed by atoms with Crippen molar-refractivity contribution in [2.24, 2.45) is 0 Å². The van der Waals surface area contributed by atoms with E-state index in [4.69, 9.17) is 23.7 Å². The minimum atomic E-state index is -4.37. The van der Waals surface area contributed by atoms with Gasteiger partial charge in [-0.05, 0) is 42.0 Å². The number of carbonyl (C=O) groups is 1. The molecule has 0 atom stereocenters. The second-order valence-electron chi connectivity index (χ2n) is 7.77. The van der Waals surface area contributed by atoms with Gasteiger partial charge in [-0.2, -0.15) is 0 Å². The zero-order valence-electron chi connectivity index (χ0n) is 18.2. The molecule has 0 bridgehead atoms. The van der Waals surface area contributed by atoms with E-state index in [0.29, 0.717) is 34.3 Å². The number of rotatable bonds is 4. The molecule has 0 saturated heterocycles. The highest BCUT2D eigenvalue weighted by atomic mass is 32.2. The number of carboxylic acids is 1. The normalized spacial score (nSPS) is 16.8. The third kappa shape index (κ3) is 3.16. The van der Waals surface area contributed by atoms with Crippen molar-refractivity contribution in [3.63, 3.8) is 0 Å². The number of hydrogen-bond donors (Lipinski definition) is 1. The lowest BCUT2D eigenvalue weighted by atomic mass is 9.94. The first-order valence-corrected chi connectivity index (χ1v) is 11.8. The zero-order chi connectivity index (χ0) is 24.3. The van der Waals surface area contributed by atoms with Crippen molar-refractivity contribution in [3.05, 3.63) is 71.4 Å². The Balaban J connectivity index is 1.68. The van der Waals surface area contributed by atoms with E-state index in [0.717, 1.165) is 4.31 Å². The third-order valence-corrected chi connectivity index (χ3v) is 7.64. The highest BCUT2D eigenvalue weighted by molar-refractivity contribution is 7.93. The summed E-state index contributed by atoms with van der Waals surface area (Å²) in [6, 6.07) is 13.9. The Morgan fingerprint density at radius 2 is 1.54 bits per heavy atom. The van der Waals surface area contributed by atoms with Crippen LogP contribution in [0.15, 0.2) is 65.2 Å². The molecule has 0 radical (unpaired) electrons. The van der Waals surface area contributed by atoms with Gasteiger partial charge in [-0.1, -0.05) is 6.07 Å². The van der Waals surface area contributed by atoms with Gasteiger partial charge in [0.15, 0.2) is 28.7 Å². The number of fused-ring (bicyclic) bond motifs is 3. The smallest absolute Gasteiger partial charge is 0.354 e. The van der Waals surface area contributed by atoms with Gasteiger partial charge >= 0.3 is 5.97 Å². The number of anilines is 1. The molecular formula is C24H17NO9S. The number of hydrogen-bond acceptors (Lipinski definition) is 8. The molecule has 3 aromatic carbocycles. The molecular weight excluding hydrogens is 478 g/mol. The Hall–Kier alpha value is -4.38. The highest BCUT2D eigenvalue weighted by Gasteiger charge is 2.42. The predicted octanol–water partition coefficient (Wildman–Crippen LogP) is 3.21. The van der Waals surface area contributed by atoms with E-state index < -0.39 is 21.7 Å². The molecule has 3 aromatic rings. The van der Waals surface area contributed by atoms with Crippen molar-refractivity contribution in [2.75, 3.05) is 25.0 Å². The van der Waals surface area contributed by atoms with Crippen molar-refractivity contribution in [1.29, 1.82) is 0 Å².